The van der Waals surface area contributed by atoms with Gasteiger partial charge in [0.25, 0.3) is 0 Å². The molecule has 11 rings (SSSR count). The third kappa shape index (κ3) is 4.33. The summed E-state index contributed by atoms with van der Waals surface area (Å²) >= 11 is 0. The molecule has 2 aliphatic rings. The van der Waals surface area contributed by atoms with E-state index in [9.17, 15) is 0 Å². The lowest BCUT2D eigenvalue weighted by Gasteiger charge is -2.30. The van der Waals surface area contributed by atoms with Crippen LogP contribution in [0.25, 0.3) is 78.1 Å². The average Bonchev–Trinajstić information content (AvgIpc) is 3.71. The molecule has 0 saturated heterocycles. The predicted octanol–water partition coefficient (Wildman–Crippen LogP) is 12.6. The summed E-state index contributed by atoms with van der Waals surface area (Å²) in [7, 11) is 0. The Morgan fingerprint density at radius 1 is 0.321 bits per heavy atom. The van der Waals surface area contributed by atoms with Gasteiger partial charge in [0, 0.05) is 16.7 Å². The van der Waals surface area contributed by atoms with Gasteiger partial charge in [0.1, 0.15) is 0 Å². The molecule has 2 nitrogen and oxygen atoms in total. The number of aromatic nitrogens is 2. The van der Waals surface area contributed by atoms with Gasteiger partial charge in [-0.15, -0.1) is 0 Å². The maximum atomic E-state index is 5.47. The van der Waals surface area contributed by atoms with Crippen LogP contribution in [0.1, 0.15) is 22.3 Å². The summed E-state index contributed by atoms with van der Waals surface area (Å²) in [6, 6.07) is 70.1. The first kappa shape index (κ1) is 29.8. The Morgan fingerprint density at radius 2 is 0.830 bits per heavy atom. The van der Waals surface area contributed by atoms with Crippen LogP contribution in [-0.4, -0.2) is 9.97 Å². The molecule has 2 heteroatoms. The first-order chi connectivity index (χ1) is 26.3. The molecule has 1 heterocycles. The molecule has 2 aliphatic carbocycles. The summed E-state index contributed by atoms with van der Waals surface area (Å²) in [6.07, 6.45) is 0. The van der Waals surface area contributed by atoms with Gasteiger partial charge in [-0.2, -0.15) is 0 Å². The van der Waals surface area contributed by atoms with Crippen LogP contribution in [0.3, 0.4) is 0 Å². The van der Waals surface area contributed by atoms with Gasteiger partial charge in [0.2, 0.25) is 0 Å². The monoisotopic (exact) mass is 672 g/mol. The third-order valence-corrected chi connectivity index (χ3v) is 11.3. The fraction of sp³-hybridized carbons (Fsp3) is 0.0196. The Labute approximate surface area is 308 Å². The van der Waals surface area contributed by atoms with E-state index in [1.54, 1.807) is 0 Å². The van der Waals surface area contributed by atoms with E-state index >= 15 is 0 Å². The molecule has 0 amide bonds. The second-order valence-corrected chi connectivity index (χ2v) is 14.1. The largest absolute Gasteiger partial charge is 0.228 e. The zero-order valence-corrected chi connectivity index (χ0v) is 28.9. The molecule has 0 bridgehead atoms. The standard InChI is InChI=1S/C51H32N2/c1-2-15-33(16-3-1)35-19-12-20-36(31-35)47-32-48(53-50(52-47)40-25-13-18-34-17-4-5-21-37(34)40)42-26-14-30-46-49(42)41-24-8-11-29-45(41)51(46)43-27-9-6-22-38(43)39-23-7-10-28-44(39)51/h1-32H. The molecular formula is C51H32N2. The zero-order valence-electron chi connectivity index (χ0n) is 28.9. The highest BCUT2D eigenvalue weighted by atomic mass is 14.9. The Kier molecular flexibility index (Phi) is 6.50. The van der Waals surface area contributed by atoms with Crippen LogP contribution in [0.4, 0.5) is 0 Å². The second-order valence-electron chi connectivity index (χ2n) is 14.1. The van der Waals surface area contributed by atoms with Crippen LogP contribution in [0.15, 0.2) is 194 Å². The van der Waals surface area contributed by atoms with Crippen LogP contribution in [0.2, 0.25) is 0 Å². The SMILES string of the molecule is c1ccc(-c2cccc(-c3cc(-c4cccc5c4-c4ccccc4C54c5ccccc5-c5ccccc54)nc(-c4cccc5ccccc45)n3)c2)cc1. The van der Waals surface area contributed by atoms with Gasteiger partial charge in [0.05, 0.1) is 16.8 Å². The first-order valence-electron chi connectivity index (χ1n) is 18.3. The first-order valence-corrected chi connectivity index (χ1v) is 18.3. The normalized spacial score (nSPS) is 13.1. The summed E-state index contributed by atoms with van der Waals surface area (Å²) in [4.78, 5) is 10.8. The fourth-order valence-electron chi connectivity index (χ4n) is 9.12. The van der Waals surface area contributed by atoms with Crippen molar-refractivity contribution in [1.29, 1.82) is 0 Å². The van der Waals surface area contributed by atoms with Crippen molar-refractivity contribution in [2.45, 2.75) is 5.41 Å². The molecule has 0 saturated carbocycles. The van der Waals surface area contributed by atoms with Crippen LogP contribution in [0.5, 0.6) is 0 Å². The Balaban J connectivity index is 1.20. The van der Waals surface area contributed by atoms with E-state index in [2.05, 4.69) is 194 Å². The molecule has 1 aromatic heterocycles. The smallest absolute Gasteiger partial charge is 0.161 e. The molecule has 246 valence electrons. The highest BCUT2D eigenvalue weighted by Gasteiger charge is 2.52. The summed E-state index contributed by atoms with van der Waals surface area (Å²) in [5.74, 6) is 0.717. The predicted molar refractivity (Wildman–Crippen MR) is 218 cm³/mol. The lowest BCUT2D eigenvalue weighted by atomic mass is 9.70. The molecule has 0 N–H and O–H groups in total. The fourth-order valence-corrected chi connectivity index (χ4v) is 9.12. The third-order valence-electron chi connectivity index (χ3n) is 11.3. The van der Waals surface area contributed by atoms with Gasteiger partial charge in [-0.05, 0) is 78.5 Å². The van der Waals surface area contributed by atoms with E-state index < -0.39 is 5.41 Å². The molecular weight excluding hydrogens is 641 g/mol. The highest BCUT2D eigenvalue weighted by molar-refractivity contribution is 6.00. The number of fused-ring (bicyclic) bond motifs is 11. The number of benzene rings is 8. The van der Waals surface area contributed by atoms with Crippen molar-refractivity contribution in [1.82, 2.24) is 9.97 Å². The van der Waals surface area contributed by atoms with E-state index in [0.717, 1.165) is 44.9 Å². The molecule has 1 spiro atoms. The topological polar surface area (TPSA) is 25.8 Å². The second kappa shape index (κ2) is 11.6. The van der Waals surface area contributed by atoms with Gasteiger partial charge >= 0.3 is 0 Å². The lowest BCUT2D eigenvalue weighted by Crippen LogP contribution is -2.25. The molecule has 0 aliphatic heterocycles. The van der Waals surface area contributed by atoms with Crippen molar-refractivity contribution >= 4 is 10.8 Å². The molecule has 0 atom stereocenters. The van der Waals surface area contributed by atoms with Crippen molar-refractivity contribution in [3.8, 4) is 67.3 Å². The van der Waals surface area contributed by atoms with Gasteiger partial charge in [0.15, 0.2) is 5.82 Å². The van der Waals surface area contributed by atoms with E-state index in [-0.39, 0.29) is 0 Å². The van der Waals surface area contributed by atoms with Crippen molar-refractivity contribution in [2.75, 3.05) is 0 Å². The van der Waals surface area contributed by atoms with E-state index in [4.69, 9.17) is 9.97 Å². The van der Waals surface area contributed by atoms with Crippen molar-refractivity contribution in [2.24, 2.45) is 0 Å². The maximum Gasteiger partial charge on any atom is 0.161 e. The number of hydrogen-bond donors (Lipinski definition) is 0. The average molecular weight is 673 g/mol. The number of rotatable bonds is 4. The summed E-state index contributed by atoms with van der Waals surface area (Å²) in [6.45, 7) is 0. The van der Waals surface area contributed by atoms with Gasteiger partial charge in [-0.25, -0.2) is 9.97 Å². The van der Waals surface area contributed by atoms with E-state index in [1.165, 1.54) is 55.5 Å². The molecule has 53 heavy (non-hydrogen) atoms. The van der Waals surface area contributed by atoms with Crippen molar-refractivity contribution < 1.29 is 0 Å². The summed E-state index contributed by atoms with van der Waals surface area (Å²) in [5.41, 5.74) is 17.3. The zero-order chi connectivity index (χ0) is 34.9. The van der Waals surface area contributed by atoms with Crippen LogP contribution < -0.4 is 0 Å². The Morgan fingerprint density at radius 3 is 1.62 bits per heavy atom. The van der Waals surface area contributed by atoms with Crippen LogP contribution >= 0.6 is 0 Å². The molecule has 0 radical (unpaired) electrons. The van der Waals surface area contributed by atoms with Crippen LogP contribution in [0, 0.1) is 0 Å². The van der Waals surface area contributed by atoms with Crippen molar-refractivity contribution in [3.63, 3.8) is 0 Å². The van der Waals surface area contributed by atoms with Crippen molar-refractivity contribution in [3.05, 3.63) is 216 Å². The Hall–Kier alpha value is -6.90. The van der Waals surface area contributed by atoms with Gasteiger partial charge < -0.3 is 0 Å². The quantitative estimate of drug-likeness (QED) is 0.186. The van der Waals surface area contributed by atoms with Crippen LogP contribution in [-0.2, 0) is 5.41 Å². The Bertz CT molecular complexity index is 2850. The highest BCUT2D eigenvalue weighted by Crippen LogP contribution is 2.63. The summed E-state index contributed by atoms with van der Waals surface area (Å²) < 4.78 is 0. The molecule has 8 aromatic carbocycles. The minimum Gasteiger partial charge on any atom is -0.228 e. The number of nitrogens with zero attached hydrogens (tertiary/aromatic N) is 2. The van der Waals surface area contributed by atoms with Gasteiger partial charge in [-0.3, -0.25) is 0 Å². The molecule has 0 fully saturated rings. The van der Waals surface area contributed by atoms with E-state index in [1.807, 2.05) is 0 Å². The molecule has 0 unspecified atom stereocenters. The number of hydrogen-bond acceptors (Lipinski definition) is 2. The maximum absolute atomic E-state index is 5.47. The molecule has 9 aromatic rings. The summed E-state index contributed by atoms with van der Waals surface area (Å²) in [5, 5.41) is 2.31. The lowest BCUT2D eigenvalue weighted by molar-refractivity contribution is 0.794. The van der Waals surface area contributed by atoms with Gasteiger partial charge in [-0.1, -0.05) is 182 Å². The minimum atomic E-state index is -0.423. The minimum absolute atomic E-state index is 0.423. The van der Waals surface area contributed by atoms with E-state index in [0.29, 0.717) is 0 Å².